The molecule has 4 aromatic carbocycles. The molecule has 0 unspecified atom stereocenters. The van der Waals surface area contributed by atoms with E-state index in [1.165, 1.54) is 57.9 Å². The zero-order chi connectivity index (χ0) is 32.6. The summed E-state index contributed by atoms with van der Waals surface area (Å²) in [4.78, 5) is 12.7. The molecule has 236 valence electrons. The molecule has 0 spiro atoms. The minimum Gasteiger partial charge on any atom is -0.493 e. The quantitative estimate of drug-likeness (QED) is 0.135. The molecule has 0 saturated heterocycles. The molecule has 0 aliphatic carbocycles. The van der Waals surface area contributed by atoms with Crippen molar-refractivity contribution in [3.05, 3.63) is 106 Å². The molecular weight excluding hydrogens is 648 g/mol. The number of methoxy groups -OCH3 is 3. The van der Waals surface area contributed by atoms with Gasteiger partial charge in [0.1, 0.15) is 19.0 Å². The Morgan fingerprint density at radius 1 is 0.844 bits per heavy atom. The van der Waals surface area contributed by atoms with E-state index in [0.717, 1.165) is 22.0 Å². The van der Waals surface area contributed by atoms with Gasteiger partial charge in [-0.3, -0.25) is 9.10 Å². The van der Waals surface area contributed by atoms with Crippen molar-refractivity contribution in [2.45, 2.75) is 11.5 Å². The topological polar surface area (TPSA) is 116 Å². The van der Waals surface area contributed by atoms with Crippen LogP contribution in [0.15, 0.2) is 88.9 Å². The van der Waals surface area contributed by atoms with Crippen LogP contribution in [0.3, 0.4) is 0 Å². The Balaban J connectivity index is 1.48. The molecule has 4 aromatic rings. The van der Waals surface area contributed by atoms with Gasteiger partial charge in [-0.15, -0.1) is 0 Å². The number of anilines is 1. The summed E-state index contributed by atoms with van der Waals surface area (Å²) in [7, 11) is -0.0607. The summed E-state index contributed by atoms with van der Waals surface area (Å²) in [5.41, 5.74) is 3.75. The van der Waals surface area contributed by atoms with E-state index in [1.807, 2.05) is 0 Å². The number of nitrogens with zero attached hydrogens (tertiary/aromatic N) is 2. The van der Waals surface area contributed by atoms with Gasteiger partial charge in [0.15, 0.2) is 23.0 Å². The molecule has 10 nitrogen and oxygen atoms in total. The summed E-state index contributed by atoms with van der Waals surface area (Å²) in [6, 6.07) is 18.9. The summed E-state index contributed by atoms with van der Waals surface area (Å²) in [6.07, 6.45) is 1.36. The maximum atomic E-state index is 13.7. The second kappa shape index (κ2) is 15.0. The first-order chi connectivity index (χ1) is 21.5. The van der Waals surface area contributed by atoms with Crippen molar-refractivity contribution < 1.29 is 36.6 Å². The summed E-state index contributed by atoms with van der Waals surface area (Å²) >= 11 is 12.0. The third-order valence-electron chi connectivity index (χ3n) is 6.31. The van der Waals surface area contributed by atoms with Gasteiger partial charge in [-0.05, 0) is 77.9 Å². The number of rotatable bonds is 13. The lowest BCUT2D eigenvalue weighted by Gasteiger charge is -2.24. The molecule has 1 N–H and O–H groups in total. The van der Waals surface area contributed by atoms with Crippen molar-refractivity contribution in [1.82, 2.24) is 5.43 Å². The van der Waals surface area contributed by atoms with E-state index in [4.69, 9.17) is 42.1 Å². The highest BCUT2D eigenvalue weighted by Gasteiger charge is 2.28. The number of carbonyl (C=O) groups excluding carboxylic acids is 1. The van der Waals surface area contributed by atoms with Crippen molar-refractivity contribution in [3.63, 3.8) is 0 Å². The van der Waals surface area contributed by atoms with Gasteiger partial charge in [0.05, 0.1) is 48.2 Å². The van der Waals surface area contributed by atoms with Crippen LogP contribution in [0.5, 0.6) is 23.0 Å². The SMILES string of the molecule is COc1ccc(S(=O)(=O)N(CC(=O)N/N=C\c2ccc(OCc3ccc(Cl)c(Cl)c3)c(OC)c2)c2ccc(F)cc2)cc1OC. The summed E-state index contributed by atoms with van der Waals surface area (Å²) in [5, 5.41) is 4.81. The lowest BCUT2D eigenvalue weighted by molar-refractivity contribution is -0.119. The highest BCUT2D eigenvalue weighted by molar-refractivity contribution is 7.92. The second-order valence-corrected chi connectivity index (χ2v) is 11.9. The number of benzene rings is 4. The fourth-order valence-electron chi connectivity index (χ4n) is 4.05. The van der Waals surface area contributed by atoms with Crippen LogP contribution in [0, 0.1) is 5.82 Å². The summed E-state index contributed by atoms with van der Waals surface area (Å²) in [6.45, 7) is -0.446. The van der Waals surface area contributed by atoms with Gasteiger partial charge in [0, 0.05) is 6.07 Å². The monoisotopic (exact) mass is 675 g/mol. The Morgan fingerprint density at radius 2 is 1.51 bits per heavy atom. The first-order valence-corrected chi connectivity index (χ1v) is 15.3. The van der Waals surface area contributed by atoms with Crippen molar-refractivity contribution in [2.75, 3.05) is 32.2 Å². The maximum Gasteiger partial charge on any atom is 0.264 e. The minimum absolute atomic E-state index is 0.0616. The van der Waals surface area contributed by atoms with Gasteiger partial charge in [-0.1, -0.05) is 29.3 Å². The van der Waals surface area contributed by atoms with Crippen LogP contribution in [0.4, 0.5) is 10.1 Å². The zero-order valence-electron chi connectivity index (χ0n) is 24.3. The van der Waals surface area contributed by atoms with E-state index in [0.29, 0.717) is 32.9 Å². The van der Waals surface area contributed by atoms with Gasteiger partial charge in [0.2, 0.25) is 0 Å². The van der Waals surface area contributed by atoms with Gasteiger partial charge in [0.25, 0.3) is 15.9 Å². The number of sulfonamides is 1. The van der Waals surface area contributed by atoms with Crippen molar-refractivity contribution in [3.8, 4) is 23.0 Å². The maximum absolute atomic E-state index is 13.7. The number of carbonyl (C=O) groups is 1. The van der Waals surface area contributed by atoms with Crippen LogP contribution in [0.1, 0.15) is 11.1 Å². The number of hydrogen-bond donors (Lipinski definition) is 1. The lowest BCUT2D eigenvalue weighted by Crippen LogP contribution is -2.39. The molecule has 45 heavy (non-hydrogen) atoms. The largest absolute Gasteiger partial charge is 0.493 e. The van der Waals surface area contributed by atoms with E-state index < -0.39 is 28.3 Å². The number of nitrogens with one attached hydrogen (secondary N) is 1. The minimum atomic E-state index is -4.32. The Hall–Kier alpha value is -4.52. The fraction of sp³-hybridized carbons (Fsp3) is 0.161. The molecule has 0 heterocycles. The molecule has 0 atom stereocenters. The molecule has 1 amide bonds. The molecular formula is C31H28Cl2FN3O7S. The van der Waals surface area contributed by atoms with Crippen LogP contribution in [0.25, 0.3) is 0 Å². The predicted molar refractivity (Wildman–Crippen MR) is 170 cm³/mol. The third kappa shape index (κ3) is 8.35. The van der Waals surface area contributed by atoms with Crippen molar-refractivity contribution in [2.24, 2.45) is 5.10 Å². The van der Waals surface area contributed by atoms with Crippen molar-refractivity contribution >= 4 is 51.0 Å². The lowest BCUT2D eigenvalue weighted by atomic mass is 10.2. The fourth-order valence-corrected chi connectivity index (χ4v) is 5.80. The van der Waals surface area contributed by atoms with E-state index >= 15 is 0 Å². The number of ether oxygens (including phenoxy) is 4. The van der Waals surface area contributed by atoms with Crippen molar-refractivity contribution in [1.29, 1.82) is 0 Å². The Bertz CT molecular complexity index is 1810. The summed E-state index contributed by atoms with van der Waals surface area (Å²) in [5.74, 6) is 0.0343. The number of amides is 1. The molecule has 0 bridgehead atoms. The summed E-state index contributed by atoms with van der Waals surface area (Å²) < 4.78 is 63.5. The Morgan fingerprint density at radius 3 is 2.18 bits per heavy atom. The molecule has 0 radical (unpaired) electrons. The average molecular weight is 677 g/mol. The Kier molecular flexibility index (Phi) is 11.1. The predicted octanol–water partition coefficient (Wildman–Crippen LogP) is 6.08. The highest BCUT2D eigenvalue weighted by Crippen LogP contribution is 2.33. The molecule has 0 aliphatic heterocycles. The van der Waals surface area contributed by atoms with Crippen LogP contribution < -0.4 is 28.7 Å². The molecule has 0 saturated carbocycles. The molecule has 0 aromatic heterocycles. The van der Waals surface area contributed by atoms with Gasteiger partial charge in [-0.2, -0.15) is 5.10 Å². The molecule has 0 fully saturated rings. The van der Waals surface area contributed by atoms with E-state index in [9.17, 15) is 17.6 Å². The first-order valence-electron chi connectivity index (χ1n) is 13.1. The number of halogens is 3. The van der Waals surface area contributed by atoms with Gasteiger partial charge < -0.3 is 18.9 Å². The van der Waals surface area contributed by atoms with Crippen LogP contribution in [-0.2, 0) is 21.4 Å². The van der Waals surface area contributed by atoms with Crippen LogP contribution in [0.2, 0.25) is 10.0 Å². The molecule has 4 rings (SSSR count). The second-order valence-electron chi connectivity index (χ2n) is 9.25. The van der Waals surface area contributed by atoms with E-state index in [1.54, 1.807) is 36.4 Å². The smallest absolute Gasteiger partial charge is 0.264 e. The normalized spacial score (nSPS) is 11.2. The zero-order valence-corrected chi connectivity index (χ0v) is 26.6. The molecule has 0 aliphatic rings. The highest BCUT2D eigenvalue weighted by atomic mass is 35.5. The third-order valence-corrected chi connectivity index (χ3v) is 8.82. The molecule has 14 heteroatoms. The Labute approximate surface area is 269 Å². The standard InChI is InChI=1S/C31H28Cl2FN3O7S/c1-41-27-13-10-24(16-30(27)43-3)45(39,40)37(23-8-6-22(34)7-9-23)18-31(38)36-35-17-20-5-12-28(29(15-20)42-2)44-19-21-4-11-25(32)26(33)14-21/h4-17H,18-19H2,1-3H3,(H,36,38)/b35-17-. The van der Waals surface area contributed by atoms with Crippen LogP contribution >= 0.6 is 23.2 Å². The van der Waals surface area contributed by atoms with E-state index in [-0.39, 0.29) is 22.9 Å². The van der Waals surface area contributed by atoms with Crippen LogP contribution in [-0.4, -0.2) is 48.4 Å². The van der Waals surface area contributed by atoms with E-state index in [2.05, 4.69) is 10.5 Å². The van der Waals surface area contributed by atoms with Gasteiger partial charge in [-0.25, -0.2) is 18.2 Å². The first kappa shape index (κ1) is 33.4. The van der Waals surface area contributed by atoms with Gasteiger partial charge >= 0.3 is 0 Å². The average Bonchev–Trinajstić information content (AvgIpc) is 3.04. The number of hydrogen-bond acceptors (Lipinski definition) is 8. The number of hydrazone groups is 1.